The minimum atomic E-state index is -0.0916. The molecule has 9 heteroatoms. The van der Waals surface area contributed by atoms with E-state index in [9.17, 15) is 4.79 Å². The van der Waals surface area contributed by atoms with Gasteiger partial charge >= 0.3 is 0 Å². The summed E-state index contributed by atoms with van der Waals surface area (Å²) in [5.41, 5.74) is 1.03. The van der Waals surface area contributed by atoms with E-state index in [1.54, 1.807) is 0 Å². The topological polar surface area (TPSA) is 88.4 Å². The van der Waals surface area contributed by atoms with Gasteiger partial charge in [-0.2, -0.15) is 15.0 Å². The molecule has 1 amide bonds. The van der Waals surface area contributed by atoms with Crippen LogP contribution < -0.4 is 15.1 Å². The highest BCUT2D eigenvalue weighted by Crippen LogP contribution is 2.16. The number of benzene rings is 1. The van der Waals surface area contributed by atoms with E-state index in [2.05, 4.69) is 25.2 Å². The average molecular weight is 395 g/mol. The van der Waals surface area contributed by atoms with E-state index in [1.165, 1.54) is 0 Å². The molecule has 152 valence electrons. The first-order valence-electron chi connectivity index (χ1n) is 9.66. The first-order chi connectivity index (χ1) is 14.1. The summed E-state index contributed by atoms with van der Waals surface area (Å²) in [5, 5.41) is 4.04. The number of fused-ring (bicyclic) bond motifs is 1. The third-order valence-electron chi connectivity index (χ3n) is 4.79. The van der Waals surface area contributed by atoms with Gasteiger partial charge in [-0.15, -0.1) is 0 Å². The summed E-state index contributed by atoms with van der Waals surface area (Å²) in [7, 11) is 3.77. The highest BCUT2D eigenvalue weighted by Gasteiger charge is 2.17. The number of morpholine rings is 1. The zero-order valence-corrected chi connectivity index (χ0v) is 16.7. The number of nitrogens with one attached hydrogen (secondary N) is 1. The number of aromatic nitrogens is 4. The lowest BCUT2D eigenvalue weighted by Gasteiger charge is -2.27. The normalized spacial score (nSPS) is 14.2. The summed E-state index contributed by atoms with van der Waals surface area (Å²) in [6, 6.07) is 10.0. The summed E-state index contributed by atoms with van der Waals surface area (Å²) in [5.74, 6) is 1.64. The van der Waals surface area contributed by atoms with Crippen LogP contribution in [0.15, 0.2) is 36.5 Å². The molecule has 0 unspecified atom stereocenters. The Kier molecular flexibility index (Phi) is 5.57. The monoisotopic (exact) mass is 395 g/mol. The molecule has 1 saturated heterocycles. The summed E-state index contributed by atoms with van der Waals surface area (Å²) >= 11 is 0. The van der Waals surface area contributed by atoms with E-state index in [0.29, 0.717) is 30.9 Å². The van der Waals surface area contributed by atoms with Gasteiger partial charge in [-0.3, -0.25) is 4.79 Å². The van der Waals surface area contributed by atoms with Crippen LogP contribution in [0.2, 0.25) is 0 Å². The molecule has 1 aromatic carbocycles. The first-order valence-corrected chi connectivity index (χ1v) is 9.66. The van der Waals surface area contributed by atoms with Crippen LogP contribution in [0.5, 0.6) is 0 Å². The molecule has 0 saturated carbocycles. The highest BCUT2D eigenvalue weighted by atomic mass is 16.5. The Balaban J connectivity index is 1.45. The molecule has 29 heavy (non-hydrogen) atoms. The van der Waals surface area contributed by atoms with Gasteiger partial charge in [0.05, 0.1) is 19.8 Å². The fourth-order valence-electron chi connectivity index (χ4n) is 3.25. The van der Waals surface area contributed by atoms with Gasteiger partial charge in [0.2, 0.25) is 17.8 Å². The van der Waals surface area contributed by atoms with Gasteiger partial charge in [0.15, 0.2) is 5.82 Å². The van der Waals surface area contributed by atoms with Crippen LogP contribution in [0.25, 0.3) is 10.9 Å². The van der Waals surface area contributed by atoms with Gasteiger partial charge in [-0.05, 0) is 17.5 Å². The molecular formula is C20H25N7O2. The second-order valence-electron chi connectivity index (χ2n) is 7.12. The van der Waals surface area contributed by atoms with E-state index < -0.39 is 0 Å². The molecule has 1 aliphatic heterocycles. The minimum absolute atomic E-state index is 0.0916. The molecule has 1 aliphatic rings. The second kappa shape index (κ2) is 8.44. The van der Waals surface area contributed by atoms with Gasteiger partial charge in [0.1, 0.15) is 6.54 Å². The minimum Gasteiger partial charge on any atom is -0.378 e. The molecule has 0 radical (unpaired) electrons. The van der Waals surface area contributed by atoms with Gasteiger partial charge in [0.25, 0.3) is 0 Å². The van der Waals surface area contributed by atoms with Gasteiger partial charge < -0.3 is 24.4 Å². The molecule has 0 bridgehead atoms. The number of amides is 1. The Bertz CT molecular complexity index is 995. The van der Waals surface area contributed by atoms with E-state index in [1.807, 2.05) is 60.1 Å². The Morgan fingerprint density at radius 3 is 2.72 bits per heavy atom. The zero-order chi connectivity index (χ0) is 20.2. The van der Waals surface area contributed by atoms with Gasteiger partial charge in [0, 0.05) is 38.9 Å². The van der Waals surface area contributed by atoms with E-state index in [-0.39, 0.29) is 19.0 Å². The summed E-state index contributed by atoms with van der Waals surface area (Å²) in [6.45, 7) is 3.28. The lowest BCUT2D eigenvalue weighted by molar-refractivity contribution is -0.121. The van der Waals surface area contributed by atoms with Crippen molar-refractivity contribution in [1.82, 2.24) is 24.8 Å². The highest BCUT2D eigenvalue weighted by molar-refractivity contribution is 5.83. The van der Waals surface area contributed by atoms with Crippen LogP contribution in [-0.2, 0) is 22.6 Å². The lowest BCUT2D eigenvalue weighted by atomic mass is 10.2. The Labute approximate surface area is 169 Å². The molecule has 0 aliphatic carbocycles. The lowest BCUT2D eigenvalue weighted by Crippen LogP contribution is -2.38. The molecule has 0 atom stereocenters. The van der Waals surface area contributed by atoms with Crippen molar-refractivity contribution in [2.24, 2.45) is 0 Å². The Hall–Kier alpha value is -3.20. The number of rotatable bonds is 6. The molecular weight excluding hydrogens is 370 g/mol. The van der Waals surface area contributed by atoms with Crippen molar-refractivity contribution in [1.29, 1.82) is 0 Å². The molecule has 2 aromatic heterocycles. The number of nitrogens with zero attached hydrogens (tertiary/aromatic N) is 6. The molecule has 1 fully saturated rings. The zero-order valence-electron chi connectivity index (χ0n) is 16.7. The summed E-state index contributed by atoms with van der Waals surface area (Å²) < 4.78 is 7.34. The number of carbonyl (C=O) groups is 1. The summed E-state index contributed by atoms with van der Waals surface area (Å²) in [4.78, 5) is 30.0. The maximum atomic E-state index is 12.5. The number of hydrogen-bond donors (Lipinski definition) is 1. The second-order valence-corrected chi connectivity index (χ2v) is 7.12. The molecule has 4 rings (SSSR count). The third kappa shape index (κ3) is 4.45. The Morgan fingerprint density at radius 2 is 1.93 bits per heavy atom. The van der Waals surface area contributed by atoms with E-state index in [4.69, 9.17) is 4.74 Å². The standard InChI is InChI=1S/C20H25N7O2/c1-25(2)19-22-17(23-20(24-19)26-9-11-29-12-10-26)13-21-18(28)14-27-8-7-15-5-3-4-6-16(15)27/h3-8H,9-14H2,1-2H3,(H,21,28). The summed E-state index contributed by atoms with van der Waals surface area (Å²) in [6.07, 6.45) is 1.92. The van der Waals surface area contributed by atoms with Crippen molar-refractivity contribution in [3.05, 3.63) is 42.4 Å². The number of hydrogen-bond acceptors (Lipinski definition) is 7. The third-order valence-corrected chi connectivity index (χ3v) is 4.79. The van der Waals surface area contributed by atoms with E-state index >= 15 is 0 Å². The van der Waals surface area contributed by atoms with Crippen LogP contribution in [0.3, 0.4) is 0 Å². The van der Waals surface area contributed by atoms with Crippen molar-refractivity contribution in [3.63, 3.8) is 0 Å². The fourth-order valence-corrected chi connectivity index (χ4v) is 3.25. The number of anilines is 2. The smallest absolute Gasteiger partial charge is 0.240 e. The predicted octanol–water partition coefficient (Wildman–Crippen LogP) is 1.05. The van der Waals surface area contributed by atoms with Crippen molar-refractivity contribution < 1.29 is 9.53 Å². The van der Waals surface area contributed by atoms with Crippen LogP contribution in [0.1, 0.15) is 5.82 Å². The SMILES string of the molecule is CN(C)c1nc(CNC(=O)Cn2ccc3ccccc32)nc(N2CCOCC2)n1. The molecule has 9 nitrogen and oxygen atoms in total. The van der Waals surface area contributed by atoms with E-state index in [0.717, 1.165) is 24.0 Å². The van der Waals surface area contributed by atoms with Gasteiger partial charge in [-0.25, -0.2) is 0 Å². The molecule has 1 N–H and O–H groups in total. The first kappa shape index (κ1) is 19.1. The van der Waals surface area contributed by atoms with Crippen LogP contribution in [-0.4, -0.2) is 65.8 Å². The number of carbonyl (C=O) groups excluding carboxylic acids is 1. The van der Waals surface area contributed by atoms with Crippen molar-refractivity contribution in [2.45, 2.75) is 13.1 Å². The predicted molar refractivity (Wildman–Crippen MR) is 111 cm³/mol. The van der Waals surface area contributed by atoms with Crippen molar-refractivity contribution in [3.8, 4) is 0 Å². The molecule has 3 heterocycles. The van der Waals surface area contributed by atoms with Crippen molar-refractivity contribution in [2.75, 3.05) is 50.2 Å². The molecule has 3 aromatic rings. The maximum absolute atomic E-state index is 12.5. The fraction of sp³-hybridized carbons (Fsp3) is 0.400. The largest absolute Gasteiger partial charge is 0.378 e. The van der Waals surface area contributed by atoms with Crippen LogP contribution in [0.4, 0.5) is 11.9 Å². The van der Waals surface area contributed by atoms with Crippen LogP contribution in [0, 0.1) is 0 Å². The average Bonchev–Trinajstić information content (AvgIpc) is 3.15. The number of ether oxygens (including phenoxy) is 1. The van der Waals surface area contributed by atoms with Crippen molar-refractivity contribution >= 4 is 28.7 Å². The molecule has 0 spiro atoms. The quantitative estimate of drug-likeness (QED) is 0.667. The number of para-hydroxylation sites is 1. The maximum Gasteiger partial charge on any atom is 0.240 e. The van der Waals surface area contributed by atoms with Crippen LogP contribution >= 0.6 is 0 Å². The Morgan fingerprint density at radius 1 is 1.14 bits per heavy atom. The van der Waals surface area contributed by atoms with Gasteiger partial charge in [-0.1, -0.05) is 18.2 Å².